The van der Waals surface area contributed by atoms with E-state index in [-0.39, 0.29) is 21.6 Å². The maximum atomic E-state index is 11.9. The van der Waals surface area contributed by atoms with Gasteiger partial charge in [-0.3, -0.25) is 0 Å². The van der Waals surface area contributed by atoms with Crippen molar-refractivity contribution in [1.82, 2.24) is 4.72 Å². The van der Waals surface area contributed by atoms with Gasteiger partial charge in [0.25, 0.3) is 0 Å². The van der Waals surface area contributed by atoms with Crippen LogP contribution < -0.4 is 10.5 Å². The molecule has 0 saturated heterocycles. The standard InChI is InChI=1S/C9H10Cl2N2O2S/c10-5-3-7(11)9(8(12)4-5)16(14,15)13-6-1-2-6/h3-4,6,13H,1-2,12H2. The molecule has 0 amide bonds. The van der Waals surface area contributed by atoms with E-state index in [9.17, 15) is 8.42 Å². The molecule has 3 N–H and O–H groups in total. The normalized spacial score (nSPS) is 16.4. The van der Waals surface area contributed by atoms with Crippen LogP contribution in [0.4, 0.5) is 5.69 Å². The lowest BCUT2D eigenvalue weighted by Crippen LogP contribution is -2.26. The van der Waals surface area contributed by atoms with Gasteiger partial charge in [-0.2, -0.15) is 0 Å². The number of hydrogen-bond donors (Lipinski definition) is 2. The van der Waals surface area contributed by atoms with Gasteiger partial charge in [-0.15, -0.1) is 0 Å². The second kappa shape index (κ2) is 4.07. The molecule has 0 aliphatic heterocycles. The minimum Gasteiger partial charge on any atom is -0.398 e. The van der Waals surface area contributed by atoms with Crippen LogP contribution in [0.25, 0.3) is 0 Å². The quantitative estimate of drug-likeness (QED) is 0.832. The Kier molecular flexibility index (Phi) is 3.05. The summed E-state index contributed by atoms with van der Waals surface area (Å²) < 4.78 is 26.3. The van der Waals surface area contributed by atoms with E-state index in [4.69, 9.17) is 28.9 Å². The topological polar surface area (TPSA) is 72.2 Å². The average molecular weight is 281 g/mol. The molecule has 0 spiro atoms. The van der Waals surface area contributed by atoms with Crippen molar-refractivity contribution in [3.05, 3.63) is 22.2 Å². The third-order valence-electron chi connectivity index (χ3n) is 2.21. The molecule has 1 saturated carbocycles. The van der Waals surface area contributed by atoms with Crippen LogP contribution in [-0.2, 0) is 10.0 Å². The van der Waals surface area contributed by atoms with Gasteiger partial charge >= 0.3 is 0 Å². The first-order chi connectivity index (χ1) is 7.40. The molecule has 1 aliphatic carbocycles. The van der Waals surface area contributed by atoms with Gasteiger partial charge in [0.05, 0.1) is 10.7 Å². The lowest BCUT2D eigenvalue weighted by Gasteiger charge is -2.10. The van der Waals surface area contributed by atoms with Crippen molar-refractivity contribution in [2.24, 2.45) is 0 Å². The number of anilines is 1. The fraction of sp³-hybridized carbons (Fsp3) is 0.333. The highest BCUT2D eigenvalue weighted by Gasteiger charge is 2.30. The summed E-state index contributed by atoms with van der Waals surface area (Å²) in [7, 11) is -3.64. The van der Waals surface area contributed by atoms with Gasteiger partial charge in [-0.25, -0.2) is 13.1 Å². The van der Waals surface area contributed by atoms with Crippen molar-refractivity contribution in [2.75, 3.05) is 5.73 Å². The minimum atomic E-state index is -3.64. The molecule has 0 unspecified atom stereocenters. The molecule has 1 aromatic rings. The molecule has 4 nitrogen and oxygen atoms in total. The number of halogens is 2. The fourth-order valence-corrected chi connectivity index (χ4v) is 3.63. The van der Waals surface area contributed by atoms with Crippen LogP contribution in [0.3, 0.4) is 0 Å². The summed E-state index contributed by atoms with van der Waals surface area (Å²) in [4.78, 5) is -0.0922. The predicted molar refractivity (Wildman–Crippen MR) is 64.2 cm³/mol. The number of nitrogens with two attached hydrogens (primary N) is 1. The number of benzene rings is 1. The van der Waals surface area contributed by atoms with E-state index >= 15 is 0 Å². The minimum absolute atomic E-state index is 0.0103. The highest BCUT2D eigenvalue weighted by Crippen LogP contribution is 2.32. The van der Waals surface area contributed by atoms with Gasteiger partial charge in [0, 0.05) is 11.1 Å². The first kappa shape index (κ1) is 12.0. The third-order valence-corrected chi connectivity index (χ3v) is 4.47. The summed E-state index contributed by atoms with van der Waals surface area (Å²) in [5.74, 6) is 0. The van der Waals surface area contributed by atoms with E-state index in [2.05, 4.69) is 4.72 Å². The Hall–Kier alpha value is -0.490. The lowest BCUT2D eigenvalue weighted by atomic mass is 10.3. The molecule has 0 atom stereocenters. The maximum absolute atomic E-state index is 11.9. The van der Waals surface area contributed by atoms with Gasteiger partial charge in [0.1, 0.15) is 4.90 Å². The number of nitrogen functional groups attached to an aromatic ring is 1. The Morgan fingerprint density at radius 3 is 2.44 bits per heavy atom. The van der Waals surface area contributed by atoms with Crippen molar-refractivity contribution in [2.45, 2.75) is 23.8 Å². The SMILES string of the molecule is Nc1cc(Cl)cc(Cl)c1S(=O)(=O)NC1CC1. The van der Waals surface area contributed by atoms with E-state index in [0.717, 1.165) is 12.8 Å². The first-order valence-electron chi connectivity index (χ1n) is 4.67. The van der Waals surface area contributed by atoms with E-state index in [1.165, 1.54) is 12.1 Å². The Bertz CT molecular complexity index is 503. The number of rotatable bonds is 3. The van der Waals surface area contributed by atoms with Crippen LogP contribution in [0, 0.1) is 0 Å². The van der Waals surface area contributed by atoms with Gasteiger partial charge < -0.3 is 5.73 Å². The summed E-state index contributed by atoms with van der Waals surface area (Å²) in [6, 6.07) is 2.74. The highest BCUT2D eigenvalue weighted by atomic mass is 35.5. The van der Waals surface area contributed by atoms with Crippen molar-refractivity contribution in [1.29, 1.82) is 0 Å². The molecule has 88 valence electrons. The molecule has 0 bridgehead atoms. The zero-order chi connectivity index (χ0) is 11.9. The summed E-state index contributed by atoms with van der Waals surface area (Å²) in [6.07, 6.45) is 1.70. The molecular weight excluding hydrogens is 271 g/mol. The van der Waals surface area contributed by atoms with E-state index in [0.29, 0.717) is 5.02 Å². The Morgan fingerprint density at radius 2 is 1.94 bits per heavy atom. The first-order valence-corrected chi connectivity index (χ1v) is 6.91. The molecule has 7 heteroatoms. The molecule has 1 fully saturated rings. The third kappa shape index (κ3) is 2.43. The zero-order valence-electron chi connectivity index (χ0n) is 8.20. The Balaban J connectivity index is 2.46. The van der Waals surface area contributed by atoms with Crippen molar-refractivity contribution in [3.63, 3.8) is 0 Å². The molecule has 0 aromatic heterocycles. The van der Waals surface area contributed by atoms with E-state index in [1.807, 2.05) is 0 Å². The van der Waals surface area contributed by atoms with Crippen molar-refractivity contribution in [3.8, 4) is 0 Å². The van der Waals surface area contributed by atoms with E-state index in [1.54, 1.807) is 0 Å². The summed E-state index contributed by atoms with van der Waals surface area (Å²) in [6.45, 7) is 0. The van der Waals surface area contributed by atoms with Crippen LogP contribution in [0.1, 0.15) is 12.8 Å². The molecule has 1 aliphatic rings. The molecule has 0 heterocycles. The summed E-state index contributed by atoms with van der Waals surface area (Å²) >= 11 is 11.6. The monoisotopic (exact) mass is 280 g/mol. The second-order valence-electron chi connectivity index (χ2n) is 3.70. The van der Waals surface area contributed by atoms with Crippen LogP contribution in [0.15, 0.2) is 17.0 Å². The van der Waals surface area contributed by atoms with Crippen LogP contribution in [0.2, 0.25) is 10.0 Å². The lowest BCUT2D eigenvalue weighted by molar-refractivity contribution is 0.581. The van der Waals surface area contributed by atoms with Crippen molar-refractivity contribution < 1.29 is 8.42 Å². The maximum Gasteiger partial charge on any atom is 0.244 e. The molecular formula is C9H10Cl2N2O2S. The molecule has 0 radical (unpaired) electrons. The predicted octanol–water partition coefficient (Wildman–Crippen LogP) is 2.02. The summed E-state index contributed by atoms with van der Waals surface area (Å²) in [5, 5.41) is 0.353. The van der Waals surface area contributed by atoms with Crippen LogP contribution in [-0.4, -0.2) is 14.5 Å². The largest absolute Gasteiger partial charge is 0.398 e. The fourth-order valence-electron chi connectivity index (χ4n) is 1.34. The van der Waals surface area contributed by atoms with Gasteiger partial charge in [-0.05, 0) is 25.0 Å². The van der Waals surface area contributed by atoms with Crippen LogP contribution >= 0.6 is 23.2 Å². The van der Waals surface area contributed by atoms with Crippen molar-refractivity contribution >= 4 is 38.9 Å². The molecule has 1 aromatic carbocycles. The number of sulfonamides is 1. The van der Waals surface area contributed by atoms with Gasteiger partial charge in [0.15, 0.2) is 0 Å². The van der Waals surface area contributed by atoms with Gasteiger partial charge in [-0.1, -0.05) is 23.2 Å². The smallest absolute Gasteiger partial charge is 0.244 e. The number of hydrogen-bond acceptors (Lipinski definition) is 3. The van der Waals surface area contributed by atoms with Crippen LogP contribution in [0.5, 0.6) is 0 Å². The Labute approximate surface area is 104 Å². The second-order valence-corrected chi connectivity index (χ2v) is 6.20. The molecule has 2 rings (SSSR count). The zero-order valence-corrected chi connectivity index (χ0v) is 10.5. The highest BCUT2D eigenvalue weighted by molar-refractivity contribution is 7.89. The number of nitrogens with one attached hydrogen (secondary N) is 1. The average Bonchev–Trinajstić information content (AvgIpc) is 2.83. The molecule has 16 heavy (non-hydrogen) atoms. The Morgan fingerprint density at radius 1 is 1.31 bits per heavy atom. The van der Waals surface area contributed by atoms with Gasteiger partial charge in [0.2, 0.25) is 10.0 Å². The summed E-state index contributed by atoms with van der Waals surface area (Å²) in [5.41, 5.74) is 5.68. The van der Waals surface area contributed by atoms with E-state index < -0.39 is 10.0 Å².